The number of nitrogens with one attached hydrogen (secondary N) is 1. The molecule has 0 spiro atoms. The lowest BCUT2D eigenvalue weighted by atomic mass is 10.1. The number of likely N-dealkylation sites (tertiary alicyclic amines) is 1. The van der Waals surface area contributed by atoms with Crippen molar-refractivity contribution in [3.63, 3.8) is 0 Å². The molecular formula is C22H33N3O3. The Morgan fingerprint density at radius 2 is 2.04 bits per heavy atom. The summed E-state index contributed by atoms with van der Waals surface area (Å²) in [5, 5.41) is 1.00. The molecule has 0 atom stereocenters. The highest BCUT2D eigenvalue weighted by Crippen LogP contribution is 2.25. The average Bonchev–Trinajstić information content (AvgIpc) is 3.12. The van der Waals surface area contributed by atoms with Gasteiger partial charge in [0.05, 0.1) is 6.61 Å². The monoisotopic (exact) mass is 387 g/mol. The number of hydrogen-bond donors (Lipinski definition) is 1. The molecule has 6 heteroatoms. The van der Waals surface area contributed by atoms with E-state index in [0.29, 0.717) is 31.4 Å². The van der Waals surface area contributed by atoms with Gasteiger partial charge < -0.3 is 24.3 Å². The number of carbonyl (C=O) groups is 1. The molecule has 1 aromatic heterocycles. The van der Waals surface area contributed by atoms with Gasteiger partial charge in [0, 0.05) is 50.2 Å². The summed E-state index contributed by atoms with van der Waals surface area (Å²) >= 11 is 0. The van der Waals surface area contributed by atoms with E-state index in [9.17, 15) is 4.79 Å². The lowest BCUT2D eigenvalue weighted by molar-refractivity contribution is 0.0701. The van der Waals surface area contributed by atoms with Crippen LogP contribution in [0.1, 0.15) is 44.1 Å². The van der Waals surface area contributed by atoms with Gasteiger partial charge in [0.15, 0.2) is 0 Å². The maximum atomic E-state index is 12.7. The van der Waals surface area contributed by atoms with E-state index in [1.165, 1.54) is 0 Å². The molecule has 0 radical (unpaired) electrons. The lowest BCUT2D eigenvalue weighted by Crippen LogP contribution is -2.41. The average molecular weight is 388 g/mol. The van der Waals surface area contributed by atoms with Gasteiger partial charge in [-0.2, -0.15) is 0 Å². The summed E-state index contributed by atoms with van der Waals surface area (Å²) in [5.41, 5.74) is 1.56. The first kappa shape index (κ1) is 20.7. The Labute approximate surface area is 167 Å². The minimum Gasteiger partial charge on any atom is -0.490 e. The van der Waals surface area contributed by atoms with E-state index in [2.05, 4.69) is 23.7 Å². The number of H-pyrrole nitrogens is 1. The molecule has 6 nitrogen and oxygen atoms in total. The van der Waals surface area contributed by atoms with Crippen LogP contribution in [0.2, 0.25) is 0 Å². The van der Waals surface area contributed by atoms with Crippen molar-refractivity contribution in [2.75, 3.05) is 39.9 Å². The van der Waals surface area contributed by atoms with Crippen LogP contribution in [0.4, 0.5) is 0 Å². The zero-order valence-corrected chi connectivity index (χ0v) is 17.5. The van der Waals surface area contributed by atoms with Crippen LogP contribution < -0.4 is 4.74 Å². The van der Waals surface area contributed by atoms with Crippen LogP contribution in [0.15, 0.2) is 24.3 Å². The third-order valence-electron chi connectivity index (χ3n) is 5.57. The number of aromatic amines is 1. The van der Waals surface area contributed by atoms with Gasteiger partial charge >= 0.3 is 0 Å². The Balaban J connectivity index is 1.66. The van der Waals surface area contributed by atoms with Crippen molar-refractivity contribution in [2.24, 2.45) is 0 Å². The van der Waals surface area contributed by atoms with Crippen molar-refractivity contribution in [3.05, 3.63) is 30.0 Å². The fourth-order valence-corrected chi connectivity index (χ4v) is 3.78. The molecule has 2 heterocycles. The van der Waals surface area contributed by atoms with Gasteiger partial charge in [-0.15, -0.1) is 0 Å². The predicted molar refractivity (Wildman–Crippen MR) is 112 cm³/mol. The number of benzene rings is 1. The number of hydrogen-bond acceptors (Lipinski definition) is 4. The molecule has 0 unspecified atom stereocenters. The van der Waals surface area contributed by atoms with E-state index in [0.717, 1.165) is 42.6 Å². The van der Waals surface area contributed by atoms with E-state index in [-0.39, 0.29) is 12.0 Å². The minimum atomic E-state index is -0.000671. The van der Waals surface area contributed by atoms with Gasteiger partial charge in [-0.25, -0.2) is 0 Å². The van der Waals surface area contributed by atoms with Crippen molar-refractivity contribution in [1.82, 2.24) is 14.8 Å². The van der Waals surface area contributed by atoms with E-state index in [1.807, 2.05) is 31.2 Å². The second kappa shape index (κ2) is 9.43. The molecule has 0 saturated carbocycles. The first-order valence-corrected chi connectivity index (χ1v) is 10.3. The molecule has 0 aliphatic carbocycles. The summed E-state index contributed by atoms with van der Waals surface area (Å²) in [5.74, 6) is 0.875. The highest BCUT2D eigenvalue weighted by atomic mass is 16.5. The Bertz CT molecular complexity index is 778. The predicted octanol–water partition coefficient (Wildman–Crippen LogP) is 3.53. The van der Waals surface area contributed by atoms with E-state index in [1.54, 1.807) is 12.0 Å². The molecular weight excluding hydrogens is 354 g/mol. The summed E-state index contributed by atoms with van der Waals surface area (Å²) in [6.07, 6.45) is 2.37. The highest BCUT2D eigenvalue weighted by molar-refractivity contribution is 5.98. The number of likely N-dealkylation sites (N-methyl/N-ethyl adjacent to an activating group) is 1. The van der Waals surface area contributed by atoms with Gasteiger partial charge in [0.25, 0.3) is 5.91 Å². The van der Waals surface area contributed by atoms with E-state index < -0.39 is 0 Å². The number of rotatable bonds is 8. The fourth-order valence-electron chi connectivity index (χ4n) is 3.78. The molecule has 1 aliphatic heterocycles. The maximum Gasteiger partial charge on any atom is 0.270 e. The zero-order chi connectivity index (χ0) is 20.1. The number of nitrogens with zero attached hydrogens (tertiary/aromatic N) is 2. The van der Waals surface area contributed by atoms with Crippen molar-refractivity contribution < 1.29 is 14.3 Å². The summed E-state index contributed by atoms with van der Waals surface area (Å²) in [7, 11) is 1.65. The molecule has 2 aromatic rings. The number of piperidine rings is 1. The third kappa shape index (κ3) is 4.86. The Morgan fingerprint density at radius 1 is 1.29 bits per heavy atom. The molecule has 1 aliphatic rings. The molecule has 1 saturated heterocycles. The van der Waals surface area contributed by atoms with Crippen LogP contribution in [-0.2, 0) is 4.74 Å². The van der Waals surface area contributed by atoms with Gasteiger partial charge in [0.2, 0.25) is 0 Å². The van der Waals surface area contributed by atoms with Crippen molar-refractivity contribution >= 4 is 16.8 Å². The molecule has 1 fully saturated rings. The highest BCUT2D eigenvalue weighted by Gasteiger charge is 2.22. The van der Waals surface area contributed by atoms with Crippen LogP contribution >= 0.6 is 0 Å². The summed E-state index contributed by atoms with van der Waals surface area (Å²) in [4.78, 5) is 20.3. The number of aromatic nitrogens is 1. The summed E-state index contributed by atoms with van der Waals surface area (Å²) < 4.78 is 11.3. The zero-order valence-electron chi connectivity index (χ0n) is 17.5. The largest absolute Gasteiger partial charge is 0.490 e. The quantitative estimate of drug-likeness (QED) is 0.753. The molecule has 1 N–H and O–H groups in total. The molecule has 154 valence electrons. The lowest BCUT2D eigenvalue weighted by Gasteiger charge is -2.34. The Hall–Kier alpha value is -2.05. The first-order valence-electron chi connectivity index (χ1n) is 10.3. The fraction of sp³-hybridized carbons (Fsp3) is 0.591. The van der Waals surface area contributed by atoms with Crippen molar-refractivity contribution in [1.29, 1.82) is 0 Å². The SMILES string of the molecule is CCN(CCOC)C(=O)c1cc2cc(OC3CCN(C(C)C)CC3)ccc2[nH]1. The van der Waals surface area contributed by atoms with Crippen LogP contribution in [0.5, 0.6) is 5.75 Å². The van der Waals surface area contributed by atoms with Gasteiger partial charge in [-0.1, -0.05) is 0 Å². The van der Waals surface area contributed by atoms with E-state index >= 15 is 0 Å². The molecule has 1 amide bonds. The summed E-state index contributed by atoms with van der Waals surface area (Å²) in [6.45, 7) is 10.4. The standard InChI is InChI=1S/C22H33N3O3/c1-5-24(12-13-27-4)22(26)21-15-17-14-19(6-7-20(17)23-21)28-18-8-10-25(11-9-18)16(2)3/h6-7,14-16,18,23H,5,8-13H2,1-4H3. The number of methoxy groups -OCH3 is 1. The number of amides is 1. The van der Waals surface area contributed by atoms with Gasteiger partial charge in [-0.05, 0) is 57.9 Å². The van der Waals surface area contributed by atoms with Crippen molar-refractivity contribution in [2.45, 2.75) is 45.8 Å². The summed E-state index contributed by atoms with van der Waals surface area (Å²) in [6, 6.07) is 8.53. The topological polar surface area (TPSA) is 57.8 Å². The molecule has 3 rings (SSSR count). The third-order valence-corrected chi connectivity index (χ3v) is 5.57. The van der Waals surface area contributed by atoms with Crippen LogP contribution in [0.3, 0.4) is 0 Å². The van der Waals surface area contributed by atoms with Crippen molar-refractivity contribution in [3.8, 4) is 5.75 Å². The maximum absolute atomic E-state index is 12.7. The van der Waals surface area contributed by atoms with Gasteiger partial charge in [0.1, 0.15) is 17.5 Å². The first-order chi connectivity index (χ1) is 13.5. The second-order valence-electron chi connectivity index (χ2n) is 7.76. The molecule has 28 heavy (non-hydrogen) atoms. The van der Waals surface area contributed by atoms with Crippen LogP contribution in [0, 0.1) is 0 Å². The molecule has 0 bridgehead atoms. The number of fused-ring (bicyclic) bond motifs is 1. The second-order valence-corrected chi connectivity index (χ2v) is 7.76. The van der Waals surface area contributed by atoms with Gasteiger partial charge in [-0.3, -0.25) is 4.79 Å². The van der Waals surface area contributed by atoms with Crippen LogP contribution in [0.25, 0.3) is 10.9 Å². The number of ether oxygens (including phenoxy) is 2. The molecule has 1 aromatic carbocycles. The minimum absolute atomic E-state index is 0.000671. The smallest absolute Gasteiger partial charge is 0.270 e. The van der Waals surface area contributed by atoms with E-state index in [4.69, 9.17) is 9.47 Å². The Morgan fingerprint density at radius 3 is 2.68 bits per heavy atom. The normalized spacial score (nSPS) is 16.0. The van der Waals surface area contributed by atoms with Crippen LogP contribution in [-0.4, -0.2) is 72.7 Å². The Kier molecular flexibility index (Phi) is 6.97. The number of carbonyl (C=O) groups excluding carboxylic acids is 1.